The predicted molar refractivity (Wildman–Crippen MR) is 31.7 cm³/mol. The summed E-state index contributed by atoms with van der Waals surface area (Å²) in [7, 11) is -0.807. The molecule has 1 radical (unpaired) electrons. The van der Waals surface area contributed by atoms with Gasteiger partial charge in [0.25, 0.3) is 0 Å². The second-order valence-corrected chi connectivity index (χ2v) is 4.26. The Morgan fingerprint density at radius 2 is 2.29 bits per heavy atom. The molecule has 0 spiro atoms. The Balaban J connectivity index is 3.34. The van der Waals surface area contributed by atoms with Gasteiger partial charge in [-0.25, -0.2) is 0 Å². The number of carbonyl (C=O) groups is 1. The van der Waals surface area contributed by atoms with Gasteiger partial charge in [-0.3, -0.25) is 4.79 Å². The molecule has 0 fully saturated rings. The molecule has 0 unspecified atom stereocenters. The molecule has 0 bridgehead atoms. The highest BCUT2D eigenvalue weighted by Crippen LogP contribution is 1.87. The number of hydrogen-bond donors (Lipinski definition) is 1. The Labute approximate surface area is 45.3 Å². The molecule has 1 amide bonds. The number of rotatable bonds is 2. The van der Waals surface area contributed by atoms with E-state index in [1.165, 1.54) is 0 Å². The third-order valence-corrected chi connectivity index (χ3v) is 2.85. The van der Waals surface area contributed by atoms with Gasteiger partial charge in [0.15, 0.2) is 14.3 Å². The largest absolute Gasteiger partial charge is 0.374 e. The molecule has 0 rings (SSSR count). The van der Waals surface area contributed by atoms with Crippen molar-refractivity contribution in [1.29, 1.82) is 0 Å². The van der Waals surface area contributed by atoms with E-state index in [1.807, 2.05) is 13.5 Å². The van der Waals surface area contributed by atoms with Crippen molar-refractivity contribution in [3.05, 3.63) is 0 Å². The van der Waals surface area contributed by atoms with Gasteiger partial charge in [-0.05, 0) is 0 Å². The summed E-state index contributed by atoms with van der Waals surface area (Å²) in [6.07, 6.45) is 0. The minimum atomic E-state index is -0.807. The zero-order valence-corrected chi connectivity index (χ0v) is 5.69. The summed E-state index contributed by atoms with van der Waals surface area (Å²) in [6.45, 7) is 3.91. The second-order valence-electron chi connectivity index (χ2n) is 1.50. The van der Waals surface area contributed by atoms with Gasteiger partial charge in [0, 0.05) is 0 Å². The first-order valence-corrected chi connectivity index (χ1v) is 4.51. The van der Waals surface area contributed by atoms with Crippen LogP contribution in [-0.2, 0) is 0 Å². The van der Waals surface area contributed by atoms with Gasteiger partial charge in [-0.2, -0.15) is 0 Å². The highest BCUT2D eigenvalue weighted by molar-refractivity contribution is 6.88. The fourth-order valence-corrected chi connectivity index (χ4v) is 0.523. The fraction of sp³-hybridized carbons (Fsp3) is 0.750. The van der Waals surface area contributed by atoms with Crippen LogP contribution in [0.25, 0.3) is 0 Å². The van der Waals surface area contributed by atoms with Crippen LogP contribution in [0.4, 0.5) is 4.79 Å². The summed E-state index contributed by atoms with van der Waals surface area (Å²) in [4.78, 5) is 10.2. The van der Waals surface area contributed by atoms with Crippen molar-refractivity contribution in [2.45, 2.75) is 19.5 Å². The number of hydrogen-bond acceptors (Lipinski definition) is 1. The number of nitrogens with two attached hydrogens (primary N) is 1. The van der Waals surface area contributed by atoms with E-state index in [2.05, 4.69) is 0 Å². The van der Waals surface area contributed by atoms with E-state index in [4.69, 9.17) is 5.73 Å². The van der Waals surface area contributed by atoms with Crippen LogP contribution in [0, 0.1) is 0 Å². The van der Waals surface area contributed by atoms with Crippen LogP contribution in [0.3, 0.4) is 0 Å². The molecule has 0 aliphatic rings. The molecule has 0 aromatic rings. The molecule has 2 nitrogen and oxygen atoms in total. The molecule has 3 heteroatoms. The quantitative estimate of drug-likeness (QED) is 0.532. The van der Waals surface area contributed by atoms with Crippen molar-refractivity contribution in [2.75, 3.05) is 0 Å². The lowest BCUT2D eigenvalue weighted by Crippen LogP contribution is -2.26. The van der Waals surface area contributed by atoms with Crippen LogP contribution in [0.15, 0.2) is 0 Å². The van der Waals surface area contributed by atoms with E-state index < -0.39 is 8.80 Å². The molecular formula is C4H10NOSi. The zero-order valence-electron chi connectivity index (χ0n) is 4.69. The molecule has 0 aromatic carbocycles. The average molecular weight is 116 g/mol. The first-order chi connectivity index (χ1) is 3.18. The van der Waals surface area contributed by atoms with Gasteiger partial charge in [0.05, 0.1) is 0 Å². The van der Waals surface area contributed by atoms with Crippen molar-refractivity contribution >= 4 is 14.3 Å². The highest BCUT2D eigenvalue weighted by atomic mass is 28.3. The molecule has 0 aromatic heterocycles. The van der Waals surface area contributed by atoms with Crippen LogP contribution in [0.5, 0.6) is 0 Å². The van der Waals surface area contributed by atoms with Gasteiger partial charge < -0.3 is 5.73 Å². The molecule has 7 heavy (non-hydrogen) atoms. The van der Waals surface area contributed by atoms with E-state index in [0.29, 0.717) is 0 Å². The van der Waals surface area contributed by atoms with Gasteiger partial charge in [-0.15, -0.1) is 0 Å². The van der Waals surface area contributed by atoms with Gasteiger partial charge in [0.1, 0.15) is 0 Å². The lowest BCUT2D eigenvalue weighted by molar-refractivity contribution is 0.265. The minimum Gasteiger partial charge on any atom is -0.374 e. The predicted octanol–water partition coefficient (Wildman–Crippen LogP) is 0.791. The maximum atomic E-state index is 10.2. The van der Waals surface area contributed by atoms with Crippen LogP contribution in [-0.4, -0.2) is 14.3 Å². The van der Waals surface area contributed by atoms with E-state index in [1.54, 1.807) is 0 Å². The lowest BCUT2D eigenvalue weighted by Gasteiger charge is -1.94. The first kappa shape index (κ1) is 6.69. The number of primary amides is 1. The number of amides is 1. The number of carbonyl (C=O) groups excluding carboxylic acids is 1. The molecule has 0 heterocycles. The summed E-state index contributed by atoms with van der Waals surface area (Å²) < 4.78 is 0. The standard InChI is InChI=1S/C4H10NOSi/c1-3-7(2)4(5)6/h3H2,1-2H3,(H2,5,6). The average Bonchev–Trinajstić information content (AvgIpc) is 1.65. The summed E-state index contributed by atoms with van der Waals surface area (Å²) >= 11 is 0. The summed E-state index contributed by atoms with van der Waals surface area (Å²) in [6, 6.07) is 0.944. The Morgan fingerprint density at radius 1 is 1.86 bits per heavy atom. The molecule has 0 atom stereocenters. The summed E-state index contributed by atoms with van der Waals surface area (Å²) in [5.74, 6) is 0. The Hall–Kier alpha value is -0.313. The van der Waals surface area contributed by atoms with Crippen molar-refractivity contribution in [3.8, 4) is 0 Å². The molecular weight excluding hydrogens is 106 g/mol. The molecule has 2 N–H and O–H groups in total. The summed E-state index contributed by atoms with van der Waals surface area (Å²) in [5.41, 5.74) is 4.85. The first-order valence-electron chi connectivity index (χ1n) is 2.30. The third-order valence-electron chi connectivity index (χ3n) is 0.951. The zero-order chi connectivity index (χ0) is 5.86. The molecule has 41 valence electrons. The second kappa shape index (κ2) is 2.79. The Kier molecular flexibility index (Phi) is 2.67. The van der Waals surface area contributed by atoms with Gasteiger partial charge in [0.2, 0.25) is 0 Å². The Bertz CT molecular complexity index is 74.1. The topological polar surface area (TPSA) is 43.1 Å². The molecule has 0 aliphatic heterocycles. The molecule has 0 saturated carbocycles. The van der Waals surface area contributed by atoms with Gasteiger partial charge in [-0.1, -0.05) is 19.5 Å². The van der Waals surface area contributed by atoms with Crippen LogP contribution in [0.1, 0.15) is 6.92 Å². The lowest BCUT2D eigenvalue weighted by atomic mass is 11.0. The van der Waals surface area contributed by atoms with Crippen molar-refractivity contribution < 1.29 is 4.79 Å². The van der Waals surface area contributed by atoms with Gasteiger partial charge >= 0.3 is 0 Å². The third kappa shape index (κ3) is 2.39. The smallest absolute Gasteiger partial charge is 0.187 e. The maximum Gasteiger partial charge on any atom is 0.187 e. The van der Waals surface area contributed by atoms with Crippen LogP contribution in [0.2, 0.25) is 12.6 Å². The maximum absolute atomic E-state index is 10.2. The van der Waals surface area contributed by atoms with Crippen LogP contribution >= 0.6 is 0 Å². The summed E-state index contributed by atoms with van der Waals surface area (Å²) in [5, 5.41) is 0. The van der Waals surface area contributed by atoms with E-state index >= 15 is 0 Å². The highest BCUT2D eigenvalue weighted by Gasteiger charge is 2.05. The van der Waals surface area contributed by atoms with E-state index in [-0.39, 0.29) is 5.53 Å². The SMILES string of the molecule is CC[Si](C)C(N)=O. The molecule has 0 aliphatic carbocycles. The fourth-order valence-electron chi connectivity index (χ4n) is 0.174. The normalized spacial score (nSPS) is 9.57. The molecule has 0 saturated heterocycles. The minimum absolute atomic E-state index is 0.104. The van der Waals surface area contributed by atoms with Crippen molar-refractivity contribution in [1.82, 2.24) is 0 Å². The van der Waals surface area contributed by atoms with Crippen molar-refractivity contribution in [3.63, 3.8) is 0 Å². The van der Waals surface area contributed by atoms with Crippen molar-refractivity contribution in [2.24, 2.45) is 5.73 Å². The monoisotopic (exact) mass is 116 g/mol. The Morgan fingerprint density at radius 3 is 2.29 bits per heavy atom. The van der Waals surface area contributed by atoms with Crippen LogP contribution < -0.4 is 5.73 Å². The van der Waals surface area contributed by atoms with E-state index in [0.717, 1.165) is 6.04 Å². The van der Waals surface area contributed by atoms with E-state index in [9.17, 15) is 4.79 Å².